The van der Waals surface area contributed by atoms with Gasteiger partial charge in [0.05, 0.1) is 10.5 Å². The first-order valence-electron chi connectivity index (χ1n) is 11.4. The number of alkyl halides is 3. The molecule has 4 N–H and O–H groups in total. The normalized spacial score (nSPS) is 30.9. The molecule has 0 heterocycles. The number of nitrogens with two attached hydrogens (primary N) is 1. The standard InChI is InChI=1S/C23H30F3N3O4S/c1-21(2,29-34(32,33)17-5-3-16(4-6-17)23(24,25)26)12-18(30)28-19-14-7-13-8-15(19)11-22(9-13,10-14)20(27)31/h3-6,13-15,19,29H,7-12H2,1-2H3,(H2,27,31)(H,28,30). The van der Waals surface area contributed by atoms with Crippen LogP contribution in [0.2, 0.25) is 0 Å². The Morgan fingerprint density at radius 1 is 1.06 bits per heavy atom. The van der Waals surface area contributed by atoms with E-state index in [0.29, 0.717) is 30.9 Å². The summed E-state index contributed by atoms with van der Waals surface area (Å²) in [7, 11) is -4.14. The van der Waals surface area contributed by atoms with Crippen molar-refractivity contribution in [1.29, 1.82) is 0 Å². The van der Waals surface area contributed by atoms with Crippen LogP contribution in [0.1, 0.15) is 57.9 Å². The molecule has 0 aliphatic heterocycles. The molecule has 1 aromatic rings. The quantitative estimate of drug-likeness (QED) is 0.532. The van der Waals surface area contributed by atoms with Crippen LogP contribution in [-0.4, -0.2) is 31.8 Å². The van der Waals surface area contributed by atoms with Crippen molar-refractivity contribution in [3.63, 3.8) is 0 Å². The van der Waals surface area contributed by atoms with Crippen molar-refractivity contribution < 1.29 is 31.2 Å². The summed E-state index contributed by atoms with van der Waals surface area (Å²) in [4.78, 5) is 24.7. The van der Waals surface area contributed by atoms with E-state index in [9.17, 15) is 31.2 Å². The summed E-state index contributed by atoms with van der Waals surface area (Å²) >= 11 is 0. The lowest BCUT2D eigenvalue weighted by Gasteiger charge is -2.58. The molecular formula is C23H30F3N3O4S. The summed E-state index contributed by atoms with van der Waals surface area (Å²) in [6.07, 6.45) is -0.653. The van der Waals surface area contributed by atoms with Gasteiger partial charge in [0.15, 0.2) is 0 Å². The highest BCUT2D eigenvalue weighted by atomic mass is 32.2. The van der Waals surface area contributed by atoms with Gasteiger partial charge in [-0.1, -0.05) is 0 Å². The van der Waals surface area contributed by atoms with Gasteiger partial charge in [0.1, 0.15) is 0 Å². The largest absolute Gasteiger partial charge is 0.416 e. The zero-order valence-electron chi connectivity index (χ0n) is 19.1. The monoisotopic (exact) mass is 501 g/mol. The number of sulfonamides is 1. The van der Waals surface area contributed by atoms with Gasteiger partial charge < -0.3 is 11.1 Å². The summed E-state index contributed by atoms with van der Waals surface area (Å²) in [5.74, 6) is 0.232. The average molecular weight is 502 g/mol. The maximum Gasteiger partial charge on any atom is 0.416 e. The van der Waals surface area contributed by atoms with E-state index in [-0.39, 0.29) is 41.0 Å². The molecule has 0 saturated heterocycles. The number of hydrogen-bond donors (Lipinski definition) is 3. The summed E-state index contributed by atoms with van der Waals surface area (Å²) < 4.78 is 66.1. The molecule has 2 unspecified atom stereocenters. The first-order valence-corrected chi connectivity index (χ1v) is 12.9. The smallest absolute Gasteiger partial charge is 0.369 e. The second-order valence-electron chi connectivity index (χ2n) is 10.9. The van der Waals surface area contributed by atoms with Gasteiger partial charge in [0.2, 0.25) is 21.8 Å². The topological polar surface area (TPSA) is 118 Å². The van der Waals surface area contributed by atoms with Crippen LogP contribution >= 0.6 is 0 Å². The second-order valence-corrected chi connectivity index (χ2v) is 12.6. The summed E-state index contributed by atoms with van der Waals surface area (Å²) in [5.41, 5.74) is 3.13. The van der Waals surface area contributed by atoms with Crippen molar-refractivity contribution >= 4 is 21.8 Å². The molecule has 4 fully saturated rings. The molecule has 11 heteroatoms. The van der Waals surface area contributed by atoms with Crippen LogP contribution in [0.5, 0.6) is 0 Å². The van der Waals surface area contributed by atoms with E-state index in [4.69, 9.17) is 5.73 Å². The van der Waals surface area contributed by atoms with Gasteiger partial charge in [-0.3, -0.25) is 9.59 Å². The van der Waals surface area contributed by atoms with E-state index in [0.717, 1.165) is 31.4 Å². The molecule has 0 radical (unpaired) electrons. The van der Waals surface area contributed by atoms with Gasteiger partial charge in [-0.15, -0.1) is 0 Å². The Hall–Kier alpha value is -2.14. The molecule has 2 amide bonds. The van der Waals surface area contributed by atoms with E-state index in [1.807, 2.05) is 0 Å². The summed E-state index contributed by atoms with van der Waals surface area (Å²) in [6, 6.07) is 3.13. The predicted molar refractivity (Wildman–Crippen MR) is 118 cm³/mol. The number of amides is 2. The lowest BCUT2D eigenvalue weighted by Crippen LogP contribution is -2.62. The summed E-state index contributed by atoms with van der Waals surface area (Å²) in [5, 5.41) is 3.07. The third kappa shape index (κ3) is 4.82. The molecular weight excluding hydrogens is 471 g/mol. The second kappa shape index (κ2) is 8.22. The number of carbonyl (C=O) groups is 2. The summed E-state index contributed by atoms with van der Waals surface area (Å²) in [6.45, 7) is 3.10. The predicted octanol–water partition coefficient (Wildman–Crippen LogP) is 2.95. The molecule has 34 heavy (non-hydrogen) atoms. The van der Waals surface area contributed by atoms with Crippen molar-refractivity contribution in [2.75, 3.05) is 0 Å². The molecule has 4 aliphatic rings. The van der Waals surface area contributed by atoms with Crippen LogP contribution in [-0.2, 0) is 25.8 Å². The zero-order chi connectivity index (χ0) is 25.1. The van der Waals surface area contributed by atoms with Crippen molar-refractivity contribution in [2.24, 2.45) is 28.9 Å². The van der Waals surface area contributed by atoms with E-state index >= 15 is 0 Å². The van der Waals surface area contributed by atoms with Gasteiger partial charge in [0, 0.05) is 23.4 Å². The van der Waals surface area contributed by atoms with Crippen LogP contribution in [0.25, 0.3) is 0 Å². The fourth-order valence-corrected chi connectivity index (χ4v) is 7.89. The highest BCUT2D eigenvalue weighted by molar-refractivity contribution is 7.89. The molecule has 4 aliphatic carbocycles. The number of primary amides is 1. The lowest BCUT2D eigenvalue weighted by atomic mass is 9.47. The SMILES string of the molecule is CC(C)(CC(=O)NC1C2CC3CC1CC(C(N)=O)(C3)C2)NS(=O)(=O)c1ccc(C(F)(F)F)cc1. The lowest BCUT2D eigenvalue weighted by molar-refractivity contribution is -0.147. The Morgan fingerprint density at radius 2 is 1.62 bits per heavy atom. The number of rotatable bonds is 7. The fraction of sp³-hybridized carbons (Fsp3) is 0.652. The van der Waals surface area contributed by atoms with E-state index < -0.39 is 32.7 Å². The Bertz CT molecular complexity index is 1070. The first kappa shape index (κ1) is 25.0. The molecule has 188 valence electrons. The maximum atomic E-state index is 12.9. The Kier molecular flexibility index (Phi) is 6.04. The molecule has 2 atom stereocenters. The highest BCUT2D eigenvalue weighted by Gasteiger charge is 2.58. The fourth-order valence-electron chi connectivity index (χ4n) is 6.48. The average Bonchev–Trinajstić information content (AvgIpc) is 2.68. The molecule has 4 saturated carbocycles. The zero-order valence-corrected chi connectivity index (χ0v) is 19.9. The maximum absolute atomic E-state index is 12.9. The van der Waals surface area contributed by atoms with Gasteiger partial charge in [-0.2, -0.15) is 13.2 Å². The first-order chi connectivity index (χ1) is 15.6. The van der Waals surface area contributed by atoms with E-state index in [1.54, 1.807) is 13.8 Å². The molecule has 0 aromatic heterocycles. The molecule has 4 bridgehead atoms. The third-order valence-electron chi connectivity index (χ3n) is 7.63. The Morgan fingerprint density at radius 3 is 2.12 bits per heavy atom. The minimum absolute atomic E-state index is 0.0705. The van der Waals surface area contributed by atoms with Gasteiger partial charge in [-0.25, -0.2) is 13.1 Å². The number of nitrogens with one attached hydrogen (secondary N) is 2. The van der Waals surface area contributed by atoms with Crippen LogP contribution in [0, 0.1) is 23.2 Å². The van der Waals surface area contributed by atoms with E-state index in [2.05, 4.69) is 10.0 Å². The molecule has 7 nitrogen and oxygen atoms in total. The number of hydrogen-bond acceptors (Lipinski definition) is 4. The Labute approximate surface area is 197 Å². The van der Waals surface area contributed by atoms with Crippen LogP contribution in [0.15, 0.2) is 29.2 Å². The van der Waals surface area contributed by atoms with Gasteiger partial charge in [-0.05, 0) is 88.0 Å². The van der Waals surface area contributed by atoms with Crippen LogP contribution in [0.4, 0.5) is 13.2 Å². The number of carbonyl (C=O) groups excluding carboxylic acids is 2. The minimum atomic E-state index is -4.57. The van der Waals surface area contributed by atoms with E-state index in [1.165, 1.54) is 0 Å². The molecule has 1 aromatic carbocycles. The molecule has 0 spiro atoms. The van der Waals surface area contributed by atoms with Gasteiger partial charge >= 0.3 is 6.18 Å². The Balaban J connectivity index is 1.39. The van der Waals surface area contributed by atoms with Crippen molar-refractivity contribution in [2.45, 2.75) is 75.0 Å². The van der Waals surface area contributed by atoms with Crippen molar-refractivity contribution in [3.05, 3.63) is 29.8 Å². The number of benzene rings is 1. The van der Waals surface area contributed by atoms with Crippen LogP contribution in [0.3, 0.4) is 0 Å². The van der Waals surface area contributed by atoms with Crippen LogP contribution < -0.4 is 15.8 Å². The van der Waals surface area contributed by atoms with Crippen molar-refractivity contribution in [1.82, 2.24) is 10.0 Å². The van der Waals surface area contributed by atoms with Crippen molar-refractivity contribution in [3.8, 4) is 0 Å². The third-order valence-corrected chi connectivity index (χ3v) is 9.34. The minimum Gasteiger partial charge on any atom is -0.369 e. The highest BCUT2D eigenvalue weighted by Crippen LogP contribution is 2.59. The van der Waals surface area contributed by atoms with Gasteiger partial charge in [0.25, 0.3) is 0 Å². The molecule has 5 rings (SSSR count). The number of halogens is 3.